The van der Waals surface area contributed by atoms with Crippen LogP contribution in [0.15, 0.2) is 54.7 Å². The van der Waals surface area contributed by atoms with Crippen LogP contribution in [0.3, 0.4) is 0 Å². The first-order chi connectivity index (χ1) is 14.1. The number of carbonyl (C=O) groups excluding carboxylic acids is 1. The molecular formula is C22H24N4O3. The summed E-state index contributed by atoms with van der Waals surface area (Å²) in [4.78, 5) is 28.5. The fourth-order valence-electron chi connectivity index (χ4n) is 4.12. The molecule has 1 amide bonds. The third-order valence-electron chi connectivity index (χ3n) is 5.66. The Balaban J connectivity index is 1.29. The highest BCUT2D eigenvalue weighted by atomic mass is 16.6. The van der Waals surface area contributed by atoms with Crippen molar-refractivity contribution in [2.45, 2.75) is 25.2 Å². The number of nitrogens with zero attached hydrogens (tertiary/aromatic N) is 2. The van der Waals surface area contributed by atoms with E-state index in [0.29, 0.717) is 24.6 Å². The smallest absolute Gasteiger partial charge is 0.292 e. The van der Waals surface area contributed by atoms with Gasteiger partial charge in [0.2, 0.25) is 5.91 Å². The zero-order valence-electron chi connectivity index (χ0n) is 16.1. The molecule has 1 aliphatic rings. The fraction of sp³-hybridized carbons (Fsp3) is 0.318. The van der Waals surface area contributed by atoms with E-state index in [1.54, 1.807) is 18.2 Å². The summed E-state index contributed by atoms with van der Waals surface area (Å²) in [5, 5.41) is 15.4. The topological polar surface area (TPSA) is 91.3 Å². The third kappa shape index (κ3) is 4.08. The highest BCUT2D eigenvalue weighted by Gasteiger charge is 2.25. The molecule has 2 heterocycles. The molecule has 1 fully saturated rings. The zero-order valence-corrected chi connectivity index (χ0v) is 16.1. The van der Waals surface area contributed by atoms with Crippen LogP contribution in [0.2, 0.25) is 0 Å². The molecule has 3 aromatic rings. The molecule has 1 saturated heterocycles. The summed E-state index contributed by atoms with van der Waals surface area (Å²) in [6, 6.07) is 14.8. The first-order valence-corrected chi connectivity index (χ1v) is 9.94. The average molecular weight is 392 g/mol. The monoisotopic (exact) mass is 392 g/mol. The number of nitro benzene ring substituents is 1. The number of likely N-dealkylation sites (tertiary alicyclic amines) is 1. The standard InChI is InChI=1S/C22H24N4O3/c27-22(9-12-23-20-7-3-4-8-21(20)26(28)29)25-13-10-16(11-14-25)18-15-24-19-6-2-1-5-17(18)19/h1-8,15-16,23-24H,9-14H2. The van der Waals surface area contributed by atoms with Crippen LogP contribution >= 0.6 is 0 Å². The van der Waals surface area contributed by atoms with Gasteiger partial charge >= 0.3 is 0 Å². The van der Waals surface area contributed by atoms with Gasteiger partial charge in [0, 0.05) is 49.2 Å². The molecule has 0 radical (unpaired) electrons. The van der Waals surface area contributed by atoms with Gasteiger partial charge in [-0.25, -0.2) is 0 Å². The number of H-pyrrole nitrogens is 1. The number of rotatable bonds is 6. The van der Waals surface area contributed by atoms with E-state index in [0.717, 1.165) is 31.4 Å². The number of aromatic nitrogens is 1. The van der Waals surface area contributed by atoms with Crippen molar-refractivity contribution < 1.29 is 9.72 Å². The number of benzene rings is 2. The number of hydrogen-bond donors (Lipinski definition) is 2. The molecule has 0 unspecified atom stereocenters. The van der Waals surface area contributed by atoms with Crippen molar-refractivity contribution >= 4 is 28.2 Å². The largest absolute Gasteiger partial charge is 0.379 e. The highest BCUT2D eigenvalue weighted by molar-refractivity contribution is 5.83. The summed E-state index contributed by atoms with van der Waals surface area (Å²) in [6.07, 6.45) is 4.32. The first kappa shape index (κ1) is 19.0. The van der Waals surface area contributed by atoms with Gasteiger partial charge in [-0.3, -0.25) is 14.9 Å². The second-order valence-corrected chi connectivity index (χ2v) is 7.40. The average Bonchev–Trinajstić information content (AvgIpc) is 3.18. The van der Waals surface area contributed by atoms with Crippen LogP contribution in [-0.4, -0.2) is 40.3 Å². The Morgan fingerprint density at radius 2 is 1.86 bits per heavy atom. The molecule has 29 heavy (non-hydrogen) atoms. The minimum atomic E-state index is -0.417. The molecule has 1 aliphatic heterocycles. The van der Waals surface area contributed by atoms with Crippen molar-refractivity contribution in [1.29, 1.82) is 0 Å². The van der Waals surface area contributed by atoms with Gasteiger partial charge in [-0.15, -0.1) is 0 Å². The van der Waals surface area contributed by atoms with E-state index in [1.807, 2.05) is 11.0 Å². The normalized spacial score (nSPS) is 14.8. The number of nitrogens with one attached hydrogen (secondary N) is 2. The zero-order chi connectivity index (χ0) is 20.2. The molecule has 7 nitrogen and oxygen atoms in total. The Morgan fingerprint density at radius 1 is 1.14 bits per heavy atom. The second kappa shape index (κ2) is 8.34. The minimum Gasteiger partial charge on any atom is -0.379 e. The number of amides is 1. The Bertz CT molecular complexity index is 1020. The third-order valence-corrected chi connectivity index (χ3v) is 5.66. The lowest BCUT2D eigenvalue weighted by molar-refractivity contribution is -0.384. The summed E-state index contributed by atoms with van der Waals surface area (Å²) >= 11 is 0. The number of para-hydroxylation sites is 3. The SMILES string of the molecule is O=C(CCNc1ccccc1[N+](=O)[O-])N1CCC(c2c[nH]c3ccccc23)CC1. The Morgan fingerprint density at radius 3 is 2.66 bits per heavy atom. The summed E-state index contributed by atoms with van der Waals surface area (Å²) in [6.45, 7) is 1.87. The molecule has 7 heteroatoms. The molecule has 0 aliphatic carbocycles. The number of carbonyl (C=O) groups is 1. The number of fused-ring (bicyclic) bond motifs is 1. The van der Waals surface area contributed by atoms with E-state index in [1.165, 1.54) is 17.0 Å². The molecule has 2 N–H and O–H groups in total. The number of nitro groups is 1. The van der Waals surface area contributed by atoms with E-state index in [9.17, 15) is 14.9 Å². The van der Waals surface area contributed by atoms with Gasteiger partial charge in [-0.2, -0.15) is 0 Å². The molecule has 0 bridgehead atoms. The van der Waals surface area contributed by atoms with Crippen LogP contribution in [0.25, 0.3) is 10.9 Å². The van der Waals surface area contributed by atoms with Crippen molar-refractivity contribution in [2.24, 2.45) is 0 Å². The predicted molar refractivity (Wildman–Crippen MR) is 113 cm³/mol. The van der Waals surface area contributed by atoms with Crippen molar-refractivity contribution in [3.8, 4) is 0 Å². The van der Waals surface area contributed by atoms with Crippen LogP contribution in [0.1, 0.15) is 30.7 Å². The number of hydrogen-bond acceptors (Lipinski definition) is 4. The predicted octanol–water partition coefficient (Wildman–Crippen LogP) is 4.28. The van der Waals surface area contributed by atoms with Gasteiger partial charge in [-0.05, 0) is 36.5 Å². The molecule has 1 aromatic heterocycles. The van der Waals surface area contributed by atoms with E-state index in [-0.39, 0.29) is 11.6 Å². The Kier molecular flexibility index (Phi) is 5.46. The highest BCUT2D eigenvalue weighted by Crippen LogP contribution is 2.33. The lowest BCUT2D eigenvalue weighted by atomic mass is 9.89. The molecule has 0 spiro atoms. The van der Waals surface area contributed by atoms with Crippen LogP contribution < -0.4 is 5.32 Å². The minimum absolute atomic E-state index is 0.0273. The van der Waals surface area contributed by atoms with Crippen LogP contribution in [0.4, 0.5) is 11.4 Å². The van der Waals surface area contributed by atoms with Gasteiger partial charge in [0.05, 0.1) is 4.92 Å². The summed E-state index contributed by atoms with van der Waals surface area (Å²) in [5.74, 6) is 0.550. The van der Waals surface area contributed by atoms with Gasteiger partial charge in [0.25, 0.3) is 5.69 Å². The quantitative estimate of drug-likeness (QED) is 0.484. The van der Waals surface area contributed by atoms with Crippen molar-refractivity contribution in [3.63, 3.8) is 0 Å². The van der Waals surface area contributed by atoms with E-state index in [2.05, 4.69) is 34.7 Å². The Hall–Kier alpha value is -3.35. The maximum atomic E-state index is 12.6. The summed E-state index contributed by atoms with van der Waals surface area (Å²) in [7, 11) is 0. The maximum absolute atomic E-state index is 12.6. The van der Waals surface area contributed by atoms with Gasteiger partial charge in [0.1, 0.15) is 5.69 Å². The van der Waals surface area contributed by atoms with Crippen molar-refractivity contribution in [1.82, 2.24) is 9.88 Å². The Labute approximate surface area is 168 Å². The lowest BCUT2D eigenvalue weighted by Gasteiger charge is -2.32. The van der Waals surface area contributed by atoms with Gasteiger partial charge in [0.15, 0.2) is 0 Å². The van der Waals surface area contributed by atoms with Crippen molar-refractivity contribution in [2.75, 3.05) is 25.0 Å². The maximum Gasteiger partial charge on any atom is 0.292 e. The number of aromatic amines is 1. The second-order valence-electron chi connectivity index (χ2n) is 7.40. The van der Waals surface area contributed by atoms with Crippen LogP contribution in [0, 0.1) is 10.1 Å². The molecule has 150 valence electrons. The summed E-state index contributed by atoms with van der Waals surface area (Å²) in [5.41, 5.74) is 2.97. The lowest BCUT2D eigenvalue weighted by Crippen LogP contribution is -2.38. The fourth-order valence-corrected chi connectivity index (χ4v) is 4.12. The number of anilines is 1. The van der Waals surface area contributed by atoms with Crippen LogP contribution in [-0.2, 0) is 4.79 Å². The van der Waals surface area contributed by atoms with Gasteiger partial charge in [-0.1, -0.05) is 30.3 Å². The van der Waals surface area contributed by atoms with E-state index < -0.39 is 4.92 Å². The molecule has 0 saturated carbocycles. The van der Waals surface area contributed by atoms with Crippen molar-refractivity contribution in [3.05, 3.63) is 70.4 Å². The molecular weight excluding hydrogens is 368 g/mol. The number of piperidine rings is 1. The van der Waals surface area contributed by atoms with Gasteiger partial charge < -0.3 is 15.2 Å². The molecule has 0 atom stereocenters. The molecule has 2 aromatic carbocycles. The van der Waals surface area contributed by atoms with E-state index >= 15 is 0 Å². The molecule has 4 rings (SSSR count). The van der Waals surface area contributed by atoms with E-state index in [4.69, 9.17) is 0 Å². The summed E-state index contributed by atoms with van der Waals surface area (Å²) < 4.78 is 0. The first-order valence-electron chi connectivity index (χ1n) is 9.94. The van der Waals surface area contributed by atoms with Crippen LogP contribution in [0.5, 0.6) is 0 Å².